The predicted molar refractivity (Wildman–Crippen MR) is 79.1 cm³/mol. The van der Waals surface area contributed by atoms with E-state index in [9.17, 15) is 9.18 Å². The first kappa shape index (κ1) is 17.7. The Labute approximate surface area is 133 Å². The Morgan fingerprint density at radius 3 is 2.22 bits per heavy atom. The minimum Gasteiger partial charge on any atom is -0.456 e. The number of hydrogen-bond donors (Lipinski definition) is 1. The number of esters is 1. The highest BCUT2D eigenvalue weighted by atomic mass is 19.1. The second-order valence-corrected chi connectivity index (χ2v) is 5.41. The van der Waals surface area contributed by atoms with Crippen molar-refractivity contribution in [3.8, 4) is 18.2 Å². The van der Waals surface area contributed by atoms with Gasteiger partial charge in [-0.1, -0.05) is 0 Å². The van der Waals surface area contributed by atoms with Crippen molar-refractivity contribution in [2.24, 2.45) is 0 Å². The number of carbonyl (C=O) groups is 1. The maximum absolute atomic E-state index is 14.0. The van der Waals surface area contributed by atoms with Crippen molar-refractivity contribution in [1.29, 1.82) is 15.8 Å². The number of allylic oxidation sites excluding steroid dienone is 2. The van der Waals surface area contributed by atoms with Crippen LogP contribution < -0.4 is 5.32 Å². The van der Waals surface area contributed by atoms with Gasteiger partial charge >= 0.3 is 5.97 Å². The Morgan fingerprint density at radius 2 is 1.78 bits per heavy atom. The molecule has 0 amide bonds. The number of nitriles is 3. The summed E-state index contributed by atoms with van der Waals surface area (Å²) in [6, 6.07) is 8.28. The molecule has 6 nitrogen and oxygen atoms in total. The average molecular weight is 312 g/mol. The largest absolute Gasteiger partial charge is 0.456 e. The summed E-state index contributed by atoms with van der Waals surface area (Å²) < 4.78 is 19.1. The van der Waals surface area contributed by atoms with Gasteiger partial charge in [-0.25, -0.2) is 9.18 Å². The number of carbonyl (C=O) groups excluding carboxylic acids is 1. The highest BCUT2D eigenvalue weighted by Crippen LogP contribution is 2.20. The van der Waals surface area contributed by atoms with E-state index in [1.807, 2.05) is 0 Å². The second-order valence-electron chi connectivity index (χ2n) is 5.41. The number of anilines is 1. The van der Waals surface area contributed by atoms with Crippen LogP contribution in [-0.4, -0.2) is 11.6 Å². The van der Waals surface area contributed by atoms with Gasteiger partial charge in [0.05, 0.1) is 5.56 Å². The lowest BCUT2D eigenvalue weighted by molar-refractivity contribution is 0.00648. The van der Waals surface area contributed by atoms with E-state index < -0.39 is 23.0 Å². The van der Waals surface area contributed by atoms with Crippen LogP contribution in [0.4, 0.5) is 10.1 Å². The third kappa shape index (κ3) is 4.84. The van der Waals surface area contributed by atoms with Crippen LogP contribution in [0.2, 0.25) is 0 Å². The number of benzene rings is 1. The molecule has 0 atom stereocenters. The molecule has 0 fully saturated rings. The minimum atomic E-state index is -0.850. The first-order valence-corrected chi connectivity index (χ1v) is 6.46. The molecule has 0 spiro atoms. The van der Waals surface area contributed by atoms with E-state index in [1.54, 1.807) is 39.0 Å². The molecule has 1 N–H and O–H groups in total. The fourth-order valence-electron chi connectivity index (χ4n) is 1.52. The van der Waals surface area contributed by atoms with Crippen LogP contribution in [0.1, 0.15) is 31.1 Å². The summed E-state index contributed by atoms with van der Waals surface area (Å²) in [6.07, 6.45) is 0. The molecule has 0 saturated heterocycles. The van der Waals surface area contributed by atoms with Gasteiger partial charge in [0.15, 0.2) is 5.57 Å². The van der Waals surface area contributed by atoms with Gasteiger partial charge in [0.1, 0.15) is 35.3 Å². The van der Waals surface area contributed by atoms with Gasteiger partial charge in [0.2, 0.25) is 0 Å². The van der Waals surface area contributed by atoms with Crippen molar-refractivity contribution < 1.29 is 13.9 Å². The summed E-state index contributed by atoms with van der Waals surface area (Å²) in [5.74, 6) is -1.66. The van der Waals surface area contributed by atoms with Gasteiger partial charge in [-0.2, -0.15) is 15.8 Å². The van der Waals surface area contributed by atoms with E-state index in [1.165, 1.54) is 12.1 Å². The Morgan fingerprint density at radius 1 is 1.17 bits per heavy atom. The van der Waals surface area contributed by atoms with Gasteiger partial charge in [0.25, 0.3) is 0 Å². The first-order chi connectivity index (χ1) is 10.7. The van der Waals surface area contributed by atoms with Crippen molar-refractivity contribution in [3.05, 3.63) is 40.8 Å². The molecule has 1 aromatic carbocycles. The third-order valence-electron chi connectivity index (χ3n) is 2.44. The maximum atomic E-state index is 14.0. The molecular weight excluding hydrogens is 299 g/mol. The number of halogens is 1. The maximum Gasteiger partial charge on any atom is 0.341 e. The van der Waals surface area contributed by atoms with Crippen molar-refractivity contribution in [2.45, 2.75) is 26.4 Å². The van der Waals surface area contributed by atoms with E-state index in [-0.39, 0.29) is 16.9 Å². The number of hydrogen-bond acceptors (Lipinski definition) is 6. The Bertz CT molecular complexity index is 770. The molecule has 7 heteroatoms. The summed E-state index contributed by atoms with van der Waals surface area (Å²) in [5.41, 5.74) is -1.63. The van der Waals surface area contributed by atoms with Crippen LogP contribution in [0.25, 0.3) is 0 Å². The van der Waals surface area contributed by atoms with Crippen molar-refractivity contribution in [2.75, 3.05) is 5.32 Å². The fourth-order valence-corrected chi connectivity index (χ4v) is 1.52. The molecule has 0 saturated carbocycles. The van der Waals surface area contributed by atoms with E-state index >= 15 is 0 Å². The molecule has 0 aliphatic carbocycles. The first-order valence-electron chi connectivity index (χ1n) is 6.46. The fraction of sp³-hybridized carbons (Fsp3) is 0.250. The Kier molecular flexibility index (Phi) is 5.43. The predicted octanol–water partition coefficient (Wildman–Crippen LogP) is 3.02. The molecule has 1 aromatic rings. The zero-order chi connectivity index (χ0) is 17.6. The highest BCUT2D eigenvalue weighted by molar-refractivity contribution is 5.90. The smallest absolute Gasteiger partial charge is 0.341 e. The lowest BCUT2D eigenvalue weighted by atomic mass is 10.1. The zero-order valence-corrected chi connectivity index (χ0v) is 12.8. The van der Waals surface area contributed by atoms with E-state index in [4.69, 9.17) is 20.5 Å². The number of rotatable bonds is 3. The van der Waals surface area contributed by atoms with Crippen LogP contribution in [0, 0.1) is 39.8 Å². The standard InChI is InChI=1S/C16H13FN4O2/c1-16(2,3)23-15(22)12-5-4-11(6-13(12)17)21-14(9-20)10(7-18)8-19/h4-6,21H,1-3H3. The second kappa shape index (κ2) is 7.06. The van der Waals surface area contributed by atoms with Crippen LogP contribution in [0.15, 0.2) is 29.5 Å². The van der Waals surface area contributed by atoms with Crippen molar-refractivity contribution >= 4 is 11.7 Å². The van der Waals surface area contributed by atoms with Crippen LogP contribution >= 0.6 is 0 Å². The number of nitrogens with one attached hydrogen (secondary N) is 1. The summed E-state index contributed by atoms with van der Waals surface area (Å²) in [7, 11) is 0. The molecule has 0 aromatic heterocycles. The molecular formula is C16H13FN4O2. The Balaban J connectivity index is 3.09. The molecule has 0 heterocycles. The third-order valence-corrected chi connectivity index (χ3v) is 2.44. The lowest BCUT2D eigenvalue weighted by Gasteiger charge is -2.19. The summed E-state index contributed by atoms with van der Waals surface area (Å²) in [5, 5.41) is 28.8. The van der Waals surface area contributed by atoms with Gasteiger partial charge in [-0.15, -0.1) is 0 Å². The summed E-state index contributed by atoms with van der Waals surface area (Å²) in [6.45, 7) is 4.98. The van der Waals surface area contributed by atoms with E-state index in [0.717, 1.165) is 6.07 Å². The molecule has 23 heavy (non-hydrogen) atoms. The normalized spacial score (nSPS) is 9.78. The quantitative estimate of drug-likeness (QED) is 0.678. The van der Waals surface area contributed by atoms with Crippen LogP contribution in [-0.2, 0) is 4.74 Å². The lowest BCUT2D eigenvalue weighted by Crippen LogP contribution is -2.24. The summed E-state index contributed by atoms with van der Waals surface area (Å²) in [4.78, 5) is 11.8. The van der Waals surface area contributed by atoms with Gasteiger partial charge in [-0.3, -0.25) is 0 Å². The Hall–Kier alpha value is -3.37. The van der Waals surface area contributed by atoms with Crippen LogP contribution in [0.3, 0.4) is 0 Å². The van der Waals surface area contributed by atoms with Gasteiger partial charge in [-0.05, 0) is 39.0 Å². The number of ether oxygens (including phenoxy) is 1. The molecule has 116 valence electrons. The monoisotopic (exact) mass is 312 g/mol. The molecule has 0 aliphatic heterocycles. The van der Waals surface area contributed by atoms with Gasteiger partial charge in [0, 0.05) is 5.69 Å². The number of nitrogens with zero attached hydrogens (tertiary/aromatic N) is 3. The molecule has 0 radical (unpaired) electrons. The topological polar surface area (TPSA) is 110 Å². The van der Waals surface area contributed by atoms with Crippen molar-refractivity contribution in [1.82, 2.24) is 0 Å². The molecule has 0 unspecified atom stereocenters. The van der Waals surface area contributed by atoms with Crippen LogP contribution in [0.5, 0.6) is 0 Å². The van der Waals surface area contributed by atoms with E-state index in [0.29, 0.717) is 0 Å². The average Bonchev–Trinajstić information content (AvgIpc) is 2.45. The van der Waals surface area contributed by atoms with Gasteiger partial charge < -0.3 is 10.1 Å². The van der Waals surface area contributed by atoms with E-state index in [2.05, 4.69) is 5.32 Å². The van der Waals surface area contributed by atoms with Crippen molar-refractivity contribution in [3.63, 3.8) is 0 Å². The molecule has 0 bridgehead atoms. The summed E-state index contributed by atoms with van der Waals surface area (Å²) >= 11 is 0. The molecule has 1 rings (SSSR count). The highest BCUT2D eigenvalue weighted by Gasteiger charge is 2.21. The zero-order valence-electron chi connectivity index (χ0n) is 12.8. The SMILES string of the molecule is CC(C)(C)OC(=O)c1ccc(NC(C#N)=C(C#N)C#N)cc1F. The minimum absolute atomic E-state index is 0.120. The molecule has 0 aliphatic rings.